The quantitative estimate of drug-likeness (QED) is 0.629. The third-order valence-corrected chi connectivity index (χ3v) is 7.95. The molecule has 4 saturated carbocycles. The average Bonchev–Trinajstić information content (AvgIpc) is 2.79. The normalized spacial score (nSPS) is 52.6. The van der Waals surface area contributed by atoms with Crippen molar-refractivity contribution >= 4 is 17.3 Å². The standard InChI is InChI=1S/C20H24F2O3/c1-9-6-11-13-8-14(21)18(25)20(13,3)17(22)16(24)15(11)19(2)5-4-10(23)7-12(9)19/h11-15,17H,1,4-8H2,2-3H3/t11?,12-,13?,14-,15?,17?,19+,20-/m1/s1. The lowest BCUT2D eigenvalue weighted by Crippen LogP contribution is -2.62. The number of alkyl halides is 2. The molecule has 0 spiro atoms. The molecule has 8 atom stereocenters. The molecule has 4 aliphatic carbocycles. The number of ketones is 3. The summed E-state index contributed by atoms with van der Waals surface area (Å²) in [5.41, 5.74) is -1.17. The van der Waals surface area contributed by atoms with Crippen molar-refractivity contribution in [3.8, 4) is 0 Å². The van der Waals surface area contributed by atoms with E-state index in [1.165, 1.54) is 6.92 Å². The van der Waals surface area contributed by atoms with E-state index in [4.69, 9.17) is 0 Å². The Hall–Kier alpha value is -1.39. The van der Waals surface area contributed by atoms with Crippen LogP contribution in [-0.4, -0.2) is 29.7 Å². The van der Waals surface area contributed by atoms with E-state index in [9.17, 15) is 18.8 Å². The monoisotopic (exact) mass is 350 g/mol. The van der Waals surface area contributed by atoms with Crippen molar-refractivity contribution < 1.29 is 23.2 Å². The van der Waals surface area contributed by atoms with Crippen molar-refractivity contribution in [3.63, 3.8) is 0 Å². The minimum Gasteiger partial charge on any atom is -0.300 e. The third-order valence-electron chi connectivity index (χ3n) is 7.95. The molecule has 0 N–H and O–H groups in total. The lowest BCUT2D eigenvalue weighted by molar-refractivity contribution is -0.168. The van der Waals surface area contributed by atoms with Gasteiger partial charge in [-0.15, -0.1) is 0 Å². The molecule has 25 heavy (non-hydrogen) atoms. The summed E-state index contributed by atoms with van der Waals surface area (Å²) < 4.78 is 29.4. The van der Waals surface area contributed by atoms with Crippen LogP contribution in [0.1, 0.15) is 46.0 Å². The van der Waals surface area contributed by atoms with Crippen molar-refractivity contribution in [2.24, 2.45) is 34.5 Å². The van der Waals surface area contributed by atoms with Gasteiger partial charge in [0.2, 0.25) is 0 Å². The van der Waals surface area contributed by atoms with Gasteiger partial charge in [0.05, 0.1) is 5.41 Å². The predicted octanol–water partition coefficient (Wildman–Crippen LogP) is 3.41. The number of carbonyl (C=O) groups is 3. The first kappa shape index (κ1) is 17.0. The Morgan fingerprint density at radius 3 is 2.48 bits per heavy atom. The highest BCUT2D eigenvalue weighted by molar-refractivity contribution is 6.00. The smallest absolute Gasteiger partial charge is 0.176 e. The Labute approximate surface area is 146 Å². The number of rotatable bonds is 0. The van der Waals surface area contributed by atoms with Gasteiger partial charge in [-0.2, -0.15) is 0 Å². The molecule has 0 amide bonds. The second-order valence-electron chi connectivity index (χ2n) is 9.03. The number of halogens is 2. The second-order valence-corrected chi connectivity index (χ2v) is 9.03. The maximum Gasteiger partial charge on any atom is 0.176 e. The van der Waals surface area contributed by atoms with E-state index in [1.54, 1.807) is 0 Å². The summed E-state index contributed by atoms with van der Waals surface area (Å²) in [6, 6.07) is 0. The first-order valence-corrected chi connectivity index (χ1v) is 9.18. The van der Waals surface area contributed by atoms with Gasteiger partial charge in [-0.25, -0.2) is 8.78 Å². The van der Waals surface area contributed by atoms with Gasteiger partial charge in [0.1, 0.15) is 5.78 Å². The molecular weight excluding hydrogens is 326 g/mol. The van der Waals surface area contributed by atoms with Crippen LogP contribution in [0.3, 0.4) is 0 Å². The Balaban J connectivity index is 1.82. The zero-order valence-corrected chi connectivity index (χ0v) is 14.7. The number of fused-ring (bicyclic) bond motifs is 5. The molecule has 0 aromatic rings. The molecule has 0 heterocycles. The average molecular weight is 350 g/mol. The van der Waals surface area contributed by atoms with Crippen LogP contribution >= 0.6 is 0 Å². The number of hydrogen-bond acceptors (Lipinski definition) is 3. The molecule has 4 aliphatic rings. The summed E-state index contributed by atoms with van der Waals surface area (Å²) in [6.07, 6.45) is -1.88. The highest BCUT2D eigenvalue weighted by atomic mass is 19.1. The highest BCUT2D eigenvalue weighted by Crippen LogP contribution is 2.65. The second kappa shape index (κ2) is 5.08. The Morgan fingerprint density at radius 2 is 1.80 bits per heavy atom. The molecular formula is C20H24F2O3. The summed E-state index contributed by atoms with van der Waals surface area (Å²) in [7, 11) is 0. The molecule has 136 valence electrons. The molecule has 4 rings (SSSR count). The summed E-state index contributed by atoms with van der Waals surface area (Å²) in [6.45, 7) is 7.54. The Morgan fingerprint density at radius 1 is 1.12 bits per heavy atom. The van der Waals surface area contributed by atoms with Crippen molar-refractivity contribution in [2.75, 3.05) is 0 Å². The van der Waals surface area contributed by atoms with Gasteiger partial charge in [-0.05, 0) is 49.4 Å². The van der Waals surface area contributed by atoms with Gasteiger partial charge in [-0.1, -0.05) is 19.1 Å². The van der Waals surface area contributed by atoms with E-state index in [-0.39, 0.29) is 24.0 Å². The van der Waals surface area contributed by atoms with Gasteiger partial charge in [0.25, 0.3) is 0 Å². The third kappa shape index (κ3) is 1.93. The number of carbonyl (C=O) groups excluding carboxylic acids is 3. The molecule has 0 bridgehead atoms. The van der Waals surface area contributed by atoms with Crippen LogP contribution in [0.5, 0.6) is 0 Å². The van der Waals surface area contributed by atoms with Crippen LogP contribution in [0, 0.1) is 34.5 Å². The van der Waals surface area contributed by atoms with Crippen LogP contribution in [-0.2, 0) is 14.4 Å². The van der Waals surface area contributed by atoms with Crippen LogP contribution in [0.15, 0.2) is 12.2 Å². The maximum absolute atomic E-state index is 15.2. The van der Waals surface area contributed by atoms with Gasteiger partial charge in [-0.3, -0.25) is 14.4 Å². The zero-order chi connectivity index (χ0) is 18.3. The van der Waals surface area contributed by atoms with Gasteiger partial charge >= 0.3 is 0 Å². The fourth-order valence-electron chi connectivity index (χ4n) is 6.57. The van der Waals surface area contributed by atoms with Crippen molar-refractivity contribution in [2.45, 2.75) is 58.3 Å². The Bertz CT molecular complexity index is 701. The molecule has 0 aromatic heterocycles. The van der Waals surface area contributed by atoms with Crippen LogP contribution < -0.4 is 0 Å². The molecule has 0 saturated heterocycles. The van der Waals surface area contributed by atoms with E-state index in [1.807, 2.05) is 6.92 Å². The number of hydrogen-bond donors (Lipinski definition) is 0. The zero-order valence-electron chi connectivity index (χ0n) is 14.7. The summed E-state index contributed by atoms with van der Waals surface area (Å²) in [5, 5.41) is 0. The molecule has 0 aromatic carbocycles. The summed E-state index contributed by atoms with van der Waals surface area (Å²) >= 11 is 0. The summed E-state index contributed by atoms with van der Waals surface area (Å²) in [5.74, 6) is -2.55. The minimum atomic E-state index is -1.95. The van der Waals surface area contributed by atoms with E-state index >= 15 is 4.39 Å². The number of Topliss-reactive ketones (excluding diaryl/α,β-unsaturated/α-hetero) is 3. The lowest BCUT2D eigenvalue weighted by atomic mass is 9.43. The van der Waals surface area contributed by atoms with Gasteiger partial charge in [0, 0.05) is 18.8 Å². The highest BCUT2D eigenvalue weighted by Gasteiger charge is 2.70. The lowest BCUT2D eigenvalue weighted by Gasteiger charge is -2.59. The van der Waals surface area contributed by atoms with Gasteiger partial charge in [0.15, 0.2) is 23.9 Å². The fourth-order valence-corrected chi connectivity index (χ4v) is 6.57. The molecule has 0 aliphatic heterocycles. The van der Waals surface area contributed by atoms with E-state index < -0.39 is 46.6 Å². The molecule has 3 nitrogen and oxygen atoms in total. The molecule has 4 fully saturated rings. The van der Waals surface area contributed by atoms with E-state index in [0.717, 1.165) is 5.57 Å². The predicted molar refractivity (Wildman–Crippen MR) is 87.2 cm³/mol. The van der Waals surface area contributed by atoms with E-state index in [2.05, 4.69) is 6.58 Å². The van der Waals surface area contributed by atoms with Gasteiger partial charge < -0.3 is 0 Å². The first-order valence-electron chi connectivity index (χ1n) is 9.18. The molecule has 0 radical (unpaired) electrons. The van der Waals surface area contributed by atoms with Crippen LogP contribution in [0.4, 0.5) is 8.78 Å². The largest absolute Gasteiger partial charge is 0.300 e. The maximum atomic E-state index is 15.2. The van der Waals surface area contributed by atoms with Crippen molar-refractivity contribution in [3.05, 3.63) is 12.2 Å². The first-order chi connectivity index (χ1) is 11.6. The van der Waals surface area contributed by atoms with E-state index in [0.29, 0.717) is 25.7 Å². The van der Waals surface area contributed by atoms with Crippen molar-refractivity contribution in [1.82, 2.24) is 0 Å². The molecule has 4 unspecified atom stereocenters. The topological polar surface area (TPSA) is 51.2 Å². The number of allylic oxidation sites excluding steroid dienone is 1. The minimum absolute atomic E-state index is 0.00282. The van der Waals surface area contributed by atoms with Crippen molar-refractivity contribution in [1.29, 1.82) is 0 Å². The van der Waals surface area contributed by atoms with Crippen LogP contribution in [0.25, 0.3) is 0 Å². The van der Waals surface area contributed by atoms with Crippen LogP contribution in [0.2, 0.25) is 0 Å². The Kier molecular flexibility index (Phi) is 3.46. The fraction of sp³-hybridized carbons (Fsp3) is 0.750. The molecule has 5 heteroatoms. The summed E-state index contributed by atoms with van der Waals surface area (Å²) in [4.78, 5) is 37.3. The SMILES string of the molecule is C=C1CC2C3C[C@@H](F)C(=O)[C@@]3(C)C(F)C(=O)C2[C@@]2(C)CCC(=O)C[C@H]12.